The van der Waals surface area contributed by atoms with Crippen LogP contribution in [0.2, 0.25) is 0 Å². The minimum atomic E-state index is -1.05. The third kappa shape index (κ3) is 3.26. The van der Waals surface area contributed by atoms with Crippen LogP contribution in [-0.2, 0) is 14.4 Å². The molecule has 2 heterocycles. The van der Waals surface area contributed by atoms with Crippen LogP contribution in [0.4, 0.5) is 17.1 Å². The standard InChI is InChI=1S/C27H19N3O5/c31-26-23-24(18-10-6-13-20(16-18)30(33)34)29(19-11-2-1-3-12-19)35-25(23)27(32)28(26)22-15-7-9-17-8-4-5-14-21(17)22/h1-16,23-25H/t23-,24+,25+/m1/s1. The van der Waals surface area contributed by atoms with Crippen molar-refractivity contribution in [3.05, 3.63) is 113 Å². The van der Waals surface area contributed by atoms with E-state index in [2.05, 4.69) is 0 Å². The van der Waals surface area contributed by atoms with Crippen molar-refractivity contribution in [2.75, 3.05) is 9.96 Å². The predicted octanol–water partition coefficient (Wildman–Crippen LogP) is 4.80. The van der Waals surface area contributed by atoms with Gasteiger partial charge in [-0.15, -0.1) is 0 Å². The molecule has 2 fully saturated rings. The summed E-state index contributed by atoms with van der Waals surface area (Å²) in [5.74, 6) is -1.72. The first-order valence-corrected chi connectivity index (χ1v) is 11.2. The lowest BCUT2D eigenvalue weighted by Crippen LogP contribution is -2.37. The largest absolute Gasteiger partial charge is 0.273 e. The molecule has 0 saturated carbocycles. The number of fused-ring (bicyclic) bond motifs is 2. The van der Waals surface area contributed by atoms with E-state index in [0.29, 0.717) is 16.9 Å². The molecule has 2 amide bonds. The number of amides is 2. The van der Waals surface area contributed by atoms with Crippen LogP contribution in [0.3, 0.4) is 0 Å². The van der Waals surface area contributed by atoms with Crippen LogP contribution in [0.15, 0.2) is 97.1 Å². The number of benzene rings is 4. The highest BCUT2D eigenvalue weighted by molar-refractivity contribution is 6.26. The first kappa shape index (κ1) is 21.0. The summed E-state index contributed by atoms with van der Waals surface area (Å²) in [6.45, 7) is 0. The Hall–Kier alpha value is -4.56. The van der Waals surface area contributed by atoms with E-state index in [1.54, 1.807) is 18.2 Å². The number of non-ortho nitro benzene ring substituents is 1. The Kier molecular flexibility index (Phi) is 4.82. The van der Waals surface area contributed by atoms with Gasteiger partial charge in [0.05, 0.1) is 22.3 Å². The van der Waals surface area contributed by atoms with Gasteiger partial charge in [-0.05, 0) is 29.1 Å². The van der Waals surface area contributed by atoms with E-state index in [0.717, 1.165) is 10.8 Å². The molecule has 172 valence electrons. The minimum absolute atomic E-state index is 0.0957. The summed E-state index contributed by atoms with van der Waals surface area (Å²) in [5, 5.41) is 14.7. The fourth-order valence-electron chi connectivity index (χ4n) is 5.02. The lowest BCUT2D eigenvalue weighted by Gasteiger charge is -2.29. The summed E-state index contributed by atoms with van der Waals surface area (Å²) in [7, 11) is 0. The Balaban J connectivity index is 1.48. The van der Waals surface area contributed by atoms with Crippen molar-refractivity contribution in [2.45, 2.75) is 12.1 Å². The van der Waals surface area contributed by atoms with Crippen molar-refractivity contribution < 1.29 is 19.3 Å². The summed E-state index contributed by atoms with van der Waals surface area (Å²) in [5.41, 5.74) is 1.58. The lowest BCUT2D eigenvalue weighted by molar-refractivity contribution is -0.384. The number of nitro benzene ring substituents is 1. The van der Waals surface area contributed by atoms with Gasteiger partial charge in [-0.25, -0.2) is 9.96 Å². The van der Waals surface area contributed by atoms with Crippen LogP contribution in [0, 0.1) is 16.0 Å². The molecule has 0 bridgehead atoms. The summed E-state index contributed by atoms with van der Waals surface area (Å²) < 4.78 is 0. The van der Waals surface area contributed by atoms with Crippen molar-refractivity contribution in [1.82, 2.24) is 0 Å². The number of nitro groups is 1. The third-order valence-corrected chi connectivity index (χ3v) is 6.56. The van der Waals surface area contributed by atoms with Crippen molar-refractivity contribution in [3.8, 4) is 0 Å². The molecular formula is C27H19N3O5. The molecule has 0 radical (unpaired) electrons. The molecule has 2 saturated heterocycles. The van der Waals surface area contributed by atoms with Gasteiger partial charge >= 0.3 is 0 Å². The molecule has 0 N–H and O–H groups in total. The van der Waals surface area contributed by atoms with Gasteiger partial charge in [0.15, 0.2) is 6.10 Å². The quantitative estimate of drug-likeness (QED) is 0.244. The fourth-order valence-corrected chi connectivity index (χ4v) is 5.02. The van der Waals surface area contributed by atoms with Gasteiger partial charge in [0.2, 0.25) is 5.91 Å². The number of anilines is 2. The third-order valence-electron chi connectivity index (χ3n) is 6.56. The first-order valence-electron chi connectivity index (χ1n) is 11.2. The molecule has 4 aromatic carbocycles. The Labute approximate surface area is 200 Å². The van der Waals surface area contributed by atoms with Gasteiger partial charge in [-0.3, -0.25) is 24.5 Å². The number of hydrogen-bond donors (Lipinski definition) is 0. The number of nitrogens with zero attached hydrogens (tertiary/aromatic N) is 3. The second-order valence-corrected chi connectivity index (χ2v) is 8.52. The Bertz CT molecular complexity index is 1480. The van der Waals surface area contributed by atoms with Crippen LogP contribution in [-0.4, -0.2) is 22.8 Å². The lowest BCUT2D eigenvalue weighted by atomic mass is 9.90. The number of carbonyl (C=O) groups is 2. The predicted molar refractivity (Wildman–Crippen MR) is 130 cm³/mol. The number of imide groups is 1. The van der Waals surface area contributed by atoms with E-state index in [1.165, 1.54) is 22.1 Å². The highest BCUT2D eigenvalue weighted by atomic mass is 16.7. The van der Waals surface area contributed by atoms with E-state index >= 15 is 0 Å². The molecule has 3 atom stereocenters. The number of hydrogen-bond acceptors (Lipinski definition) is 6. The van der Waals surface area contributed by atoms with E-state index < -0.39 is 34.8 Å². The Morgan fingerprint density at radius 3 is 2.31 bits per heavy atom. The van der Waals surface area contributed by atoms with Crippen molar-refractivity contribution in [2.24, 2.45) is 5.92 Å². The molecule has 0 unspecified atom stereocenters. The molecule has 0 aromatic heterocycles. The van der Waals surface area contributed by atoms with Crippen LogP contribution >= 0.6 is 0 Å². The average Bonchev–Trinajstić information content (AvgIpc) is 3.40. The van der Waals surface area contributed by atoms with Crippen molar-refractivity contribution in [3.63, 3.8) is 0 Å². The molecule has 6 rings (SSSR count). The van der Waals surface area contributed by atoms with Crippen LogP contribution in [0.1, 0.15) is 11.6 Å². The van der Waals surface area contributed by atoms with Gasteiger partial charge in [0.1, 0.15) is 5.92 Å². The molecule has 4 aromatic rings. The van der Waals surface area contributed by atoms with E-state index in [1.807, 2.05) is 66.7 Å². The average molecular weight is 465 g/mol. The van der Waals surface area contributed by atoms with Crippen LogP contribution in [0.5, 0.6) is 0 Å². The van der Waals surface area contributed by atoms with Gasteiger partial charge in [0.25, 0.3) is 11.6 Å². The Morgan fingerprint density at radius 2 is 1.51 bits per heavy atom. The Morgan fingerprint density at radius 1 is 0.800 bits per heavy atom. The maximum Gasteiger partial charge on any atom is 0.269 e. The van der Waals surface area contributed by atoms with E-state index in [9.17, 15) is 19.7 Å². The van der Waals surface area contributed by atoms with Gasteiger partial charge in [0, 0.05) is 17.5 Å². The molecule has 2 aliphatic rings. The van der Waals surface area contributed by atoms with Crippen molar-refractivity contribution in [1.29, 1.82) is 0 Å². The maximum absolute atomic E-state index is 13.9. The summed E-state index contributed by atoms with van der Waals surface area (Å²) in [6.07, 6.45) is -1.05. The number of rotatable bonds is 4. The van der Waals surface area contributed by atoms with Gasteiger partial charge in [-0.1, -0.05) is 66.7 Å². The zero-order valence-electron chi connectivity index (χ0n) is 18.4. The highest BCUT2D eigenvalue weighted by Gasteiger charge is 2.60. The van der Waals surface area contributed by atoms with Crippen molar-refractivity contribution >= 4 is 39.6 Å². The maximum atomic E-state index is 13.9. The molecule has 2 aliphatic heterocycles. The molecule has 35 heavy (non-hydrogen) atoms. The number of hydroxylamine groups is 1. The highest BCUT2D eigenvalue weighted by Crippen LogP contribution is 2.48. The van der Waals surface area contributed by atoms with Gasteiger partial charge < -0.3 is 0 Å². The van der Waals surface area contributed by atoms with Crippen LogP contribution in [0.25, 0.3) is 10.8 Å². The number of carbonyl (C=O) groups excluding carboxylic acids is 2. The SMILES string of the molecule is O=C1[C@H]2[C@H](ON(c3ccccc3)[C@H]2c2cccc([N+](=O)[O-])c2)C(=O)N1c1cccc2ccccc12. The molecular weight excluding hydrogens is 446 g/mol. The second-order valence-electron chi connectivity index (χ2n) is 8.52. The summed E-state index contributed by atoms with van der Waals surface area (Å²) >= 11 is 0. The van der Waals surface area contributed by atoms with Crippen LogP contribution < -0.4 is 9.96 Å². The molecule has 8 heteroatoms. The summed E-state index contributed by atoms with van der Waals surface area (Å²) in [4.78, 5) is 45.8. The monoisotopic (exact) mass is 465 g/mol. The smallest absolute Gasteiger partial charge is 0.269 e. The zero-order chi connectivity index (χ0) is 24.1. The minimum Gasteiger partial charge on any atom is -0.273 e. The van der Waals surface area contributed by atoms with Gasteiger partial charge in [-0.2, -0.15) is 0 Å². The molecule has 0 spiro atoms. The number of para-hydroxylation sites is 1. The first-order chi connectivity index (χ1) is 17.0. The fraction of sp³-hybridized carbons (Fsp3) is 0.111. The van der Waals surface area contributed by atoms with E-state index in [4.69, 9.17) is 4.84 Å². The molecule has 0 aliphatic carbocycles. The topological polar surface area (TPSA) is 93.0 Å². The zero-order valence-corrected chi connectivity index (χ0v) is 18.4. The summed E-state index contributed by atoms with van der Waals surface area (Å²) in [6, 6.07) is 27.5. The normalized spacial score (nSPS) is 21.5. The second kappa shape index (κ2) is 8.03. The molecule has 8 nitrogen and oxygen atoms in total. The van der Waals surface area contributed by atoms with E-state index in [-0.39, 0.29) is 5.69 Å².